The molecular weight excluding hydrogens is 462 g/mol. The summed E-state index contributed by atoms with van der Waals surface area (Å²) in [4.78, 5) is 13.4. The first-order chi connectivity index (χ1) is 11.6. The molecule has 25 heavy (non-hydrogen) atoms. The average Bonchev–Trinajstić information content (AvgIpc) is 3.33. The first-order valence-corrected chi connectivity index (χ1v) is 9.70. The molecule has 1 N–H and O–H groups in total. The van der Waals surface area contributed by atoms with Crippen molar-refractivity contribution in [3.05, 3.63) is 9.47 Å². The monoisotopic (exact) mass is 483 g/mol. The first-order valence-electron chi connectivity index (χ1n) is 8.12. The third-order valence-corrected chi connectivity index (χ3v) is 6.41. The predicted octanol–water partition coefficient (Wildman–Crippen LogP) is 3.27. The number of fused-ring (bicyclic) bond motifs is 1. The Morgan fingerprint density at radius 2 is 1.76 bits per heavy atom. The van der Waals surface area contributed by atoms with E-state index in [0.717, 1.165) is 16.2 Å². The largest absolute Gasteiger partial charge is 0.465 e. The molecule has 1 aliphatic carbocycles. The zero-order valence-electron chi connectivity index (χ0n) is 14.6. The van der Waals surface area contributed by atoms with E-state index in [9.17, 15) is 9.90 Å². The number of hydrogen-bond donors (Lipinski definition) is 1. The average molecular weight is 485 g/mol. The minimum Gasteiger partial charge on any atom is -0.465 e. The number of ether oxygens (including phenoxy) is 4. The number of likely N-dealkylation sites (tertiary alicyclic amines) is 1. The van der Waals surface area contributed by atoms with Crippen LogP contribution in [-0.2, 0) is 18.9 Å². The van der Waals surface area contributed by atoms with E-state index in [1.165, 1.54) is 12.0 Å². The summed E-state index contributed by atoms with van der Waals surface area (Å²) >= 11 is 6.81. The maximum atomic E-state index is 11.9. The number of amides is 1. The van der Waals surface area contributed by atoms with E-state index in [2.05, 4.69) is 31.9 Å². The lowest BCUT2D eigenvalue weighted by molar-refractivity contribution is -0.456. The summed E-state index contributed by atoms with van der Waals surface area (Å²) in [6.07, 6.45) is 1.79. The Morgan fingerprint density at radius 3 is 2.20 bits per heavy atom. The van der Waals surface area contributed by atoms with Crippen LogP contribution in [0.3, 0.4) is 0 Å². The van der Waals surface area contributed by atoms with Gasteiger partial charge in [0.25, 0.3) is 0 Å². The van der Waals surface area contributed by atoms with Gasteiger partial charge in [0.05, 0.1) is 21.6 Å². The Kier molecular flexibility index (Phi) is 5.05. The van der Waals surface area contributed by atoms with E-state index in [1.54, 1.807) is 21.0 Å². The Balaban J connectivity index is 2.02. The number of halogens is 2. The summed E-state index contributed by atoms with van der Waals surface area (Å²) in [6, 6.07) is 0. The van der Waals surface area contributed by atoms with Crippen molar-refractivity contribution in [2.75, 3.05) is 20.8 Å². The molecule has 0 aromatic rings. The third-order valence-electron chi connectivity index (χ3n) is 5.88. The molecule has 3 rings (SSSR count). The van der Waals surface area contributed by atoms with Crippen molar-refractivity contribution in [2.24, 2.45) is 5.92 Å². The van der Waals surface area contributed by atoms with Crippen molar-refractivity contribution in [1.82, 2.24) is 4.90 Å². The van der Waals surface area contributed by atoms with Crippen LogP contribution in [0.5, 0.6) is 0 Å². The predicted molar refractivity (Wildman–Crippen MR) is 96.7 cm³/mol. The highest BCUT2D eigenvalue weighted by atomic mass is 79.9. The lowest BCUT2D eigenvalue weighted by atomic mass is 9.81. The highest BCUT2D eigenvalue weighted by Gasteiger charge is 2.67. The summed E-state index contributed by atoms with van der Waals surface area (Å²) in [5, 5.41) is 9.72. The summed E-state index contributed by atoms with van der Waals surface area (Å²) < 4.78 is 24.5. The summed E-state index contributed by atoms with van der Waals surface area (Å²) in [5.41, 5.74) is -0.460. The van der Waals surface area contributed by atoms with Crippen LogP contribution >= 0.6 is 31.9 Å². The molecule has 0 aromatic heterocycles. The molecule has 1 amide bonds. The number of carbonyl (C=O) groups is 1. The third kappa shape index (κ3) is 2.96. The molecule has 3 aliphatic rings. The summed E-state index contributed by atoms with van der Waals surface area (Å²) in [6.45, 7) is 3.76. The summed E-state index contributed by atoms with van der Waals surface area (Å²) in [7, 11) is 3.07. The molecule has 0 bridgehead atoms. The Bertz CT molecular complexity index is 593. The minimum absolute atomic E-state index is 0.174. The second-order valence-electron chi connectivity index (χ2n) is 7.02. The molecule has 1 spiro atoms. The molecule has 5 atom stereocenters. The van der Waals surface area contributed by atoms with Crippen LogP contribution < -0.4 is 0 Å². The highest BCUT2D eigenvalue weighted by molar-refractivity contribution is 9.28. The number of nitrogens with zero attached hydrogens (tertiary/aromatic N) is 1. The molecule has 2 aliphatic heterocycles. The first kappa shape index (κ1) is 19.6. The molecule has 0 aromatic carbocycles. The van der Waals surface area contributed by atoms with Crippen LogP contribution in [0, 0.1) is 5.92 Å². The van der Waals surface area contributed by atoms with Crippen molar-refractivity contribution in [1.29, 1.82) is 0 Å². The van der Waals surface area contributed by atoms with Gasteiger partial charge in [0.1, 0.15) is 6.10 Å². The Hall–Kier alpha value is -0.190. The van der Waals surface area contributed by atoms with Crippen LogP contribution in [-0.4, -0.2) is 66.2 Å². The highest BCUT2D eigenvalue weighted by Crippen LogP contribution is 2.57. The van der Waals surface area contributed by atoms with Crippen molar-refractivity contribution >= 4 is 38.0 Å². The second-order valence-corrected chi connectivity index (χ2v) is 9.79. The van der Waals surface area contributed by atoms with Gasteiger partial charge < -0.3 is 24.1 Å². The molecule has 9 heteroatoms. The number of piperidine rings is 1. The van der Waals surface area contributed by atoms with Gasteiger partial charge in [-0.2, -0.15) is 0 Å². The fourth-order valence-corrected chi connectivity index (χ4v) is 4.62. The smallest absolute Gasteiger partial charge is 0.407 e. The van der Waals surface area contributed by atoms with Gasteiger partial charge in [-0.25, -0.2) is 4.79 Å². The molecule has 0 radical (unpaired) electrons. The van der Waals surface area contributed by atoms with Gasteiger partial charge in [-0.3, -0.25) is 4.90 Å². The van der Waals surface area contributed by atoms with E-state index in [1.807, 2.05) is 6.08 Å². The van der Waals surface area contributed by atoms with E-state index >= 15 is 0 Å². The zero-order chi connectivity index (χ0) is 18.6. The van der Waals surface area contributed by atoms with E-state index in [0.29, 0.717) is 0 Å². The quantitative estimate of drug-likeness (QED) is 0.662. The molecule has 3 fully saturated rings. The molecule has 2 heterocycles. The standard InChI is InChI=1S/C16H23Br2NO6/c1-14(22-3)15(2,23-4)25-12-9(7-11(17)18)16(5-6-16)19(13(20)21)8-10(12)24-14/h7,9-10,12H,5-6,8H2,1-4H3,(H,20,21). The van der Waals surface area contributed by atoms with Crippen LogP contribution in [0.25, 0.3) is 0 Å². The summed E-state index contributed by atoms with van der Waals surface area (Å²) in [5.74, 6) is -2.44. The number of hydrogen-bond acceptors (Lipinski definition) is 5. The zero-order valence-corrected chi connectivity index (χ0v) is 17.8. The van der Waals surface area contributed by atoms with Crippen molar-refractivity contribution < 1.29 is 28.8 Å². The van der Waals surface area contributed by atoms with Gasteiger partial charge in [0.2, 0.25) is 11.6 Å². The van der Waals surface area contributed by atoms with Crippen molar-refractivity contribution in [2.45, 2.75) is 56.0 Å². The topological polar surface area (TPSA) is 77.5 Å². The number of rotatable bonds is 3. The van der Waals surface area contributed by atoms with E-state index < -0.39 is 29.3 Å². The fourth-order valence-electron chi connectivity index (χ4n) is 4.05. The Morgan fingerprint density at radius 1 is 1.20 bits per heavy atom. The van der Waals surface area contributed by atoms with E-state index in [4.69, 9.17) is 18.9 Å². The number of methoxy groups -OCH3 is 2. The molecule has 1 saturated carbocycles. The fraction of sp³-hybridized carbons (Fsp3) is 0.812. The normalized spacial score (nSPS) is 42.0. The van der Waals surface area contributed by atoms with Crippen LogP contribution in [0.4, 0.5) is 4.79 Å². The van der Waals surface area contributed by atoms with Crippen molar-refractivity contribution in [3.8, 4) is 0 Å². The van der Waals surface area contributed by atoms with Gasteiger partial charge in [-0.15, -0.1) is 0 Å². The van der Waals surface area contributed by atoms with Gasteiger partial charge in [0.15, 0.2) is 0 Å². The second kappa shape index (κ2) is 6.45. The van der Waals surface area contributed by atoms with Gasteiger partial charge in [-0.1, -0.05) is 6.08 Å². The van der Waals surface area contributed by atoms with Crippen molar-refractivity contribution in [3.63, 3.8) is 0 Å². The minimum atomic E-state index is -1.15. The van der Waals surface area contributed by atoms with Gasteiger partial charge in [-0.05, 0) is 58.5 Å². The lowest BCUT2D eigenvalue weighted by Crippen LogP contribution is -2.72. The Labute approximate surface area is 163 Å². The SMILES string of the molecule is COC1(C)OC2CN(C(=O)O)C3(CC3)C(C=C(Br)Br)C2OC1(C)OC. The van der Waals surface area contributed by atoms with Gasteiger partial charge in [0, 0.05) is 20.1 Å². The maximum absolute atomic E-state index is 11.9. The van der Waals surface area contributed by atoms with Crippen LogP contribution in [0.15, 0.2) is 9.47 Å². The van der Waals surface area contributed by atoms with E-state index in [-0.39, 0.29) is 18.6 Å². The van der Waals surface area contributed by atoms with Gasteiger partial charge >= 0.3 is 6.09 Å². The molecule has 5 unspecified atom stereocenters. The molecule has 2 saturated heterocycles. The maximum Gasteiger partial charge on any atom is 0.407 e. The molecule has 142 valence electrons. The lowest BCUT2D eigenvalue weighted by Gasteiger charge is -2.58. The van der Waals surface area contributed by atoms with Crippen LogP contribution in [0.1, 0.15) is 26.7 Å². The van der Waals surface area contributed by atoms with Crippen LogP contribution in [0.2, 0.25) is 0 Å². The molecular formula is C16H23Br2NO6. The number of carboxylic acid groups (broad SMARTS) is 1. The molecule has 7 nitrogen and oxygen atoms in total.